The Morgan fingerprint density at radius 2 is 1.88 bits per heavy atom. The van der Waals surface area contributed by atoms with E-state index in [9.17, 15) is 0 Å². The van der Waals surface area contributed by atoms with Crippen molar-refractivity contribution in [3.05, 3.63) is 47.7 Å². The predicted octanol–water partition coefficient (Wildman–Crippen LogP) is 3.86. The van der Waals surface area contributed by atoms with Crippen LogP contribution >= 0.6 is 34.8 Å². The largest absolute Gasteiger partial charge is 0.399 e. The van der Waals surface area contributed by atoms with Crippen molar-refractivity contribution >= 4 is 40.5 Å². The number of nitrogens with two attached hydrogens (primary N) is 1. The number of hydrogen-bond donors (Lipinski definition) is 1. The number of aliphatic imine (C=N–C) groups is 1. The Kier molecular flexibility index (Phi) is 5.31. The van der Waals surface area contributed by atoms with E-state index in [0.29, 0.717) is 6.54 Å². The van der Waals surface area contributed by atoms with Gasteiger partial charge in [-0.3, -0.25) is 4.99 Å². The van der Waals surface area contributed by atoms with Gasteiger partial charge in [0.05, 0.1) is 12.2 Å². The Bertz CT molecular complexity index is 419. The molecule has 1 aromatic carbocycles. The zero-order valence-corrected chi connectivity index (χ0v) is 11.6. The van der Waals surface area contributed by atoms with E-state index in [1.165, 1.54) is 0 Å². The van der Waals surface area contributed by atoms with E-state index >= 15 is 0 Å². The van der Waals surface area contributed by atoms with Crippen molar-refractivity contribution in [2.75, 3.05) is 0 Å². The monoisotopic (exact) mass is 290 g/mol. The summed E-state index contributed by atoms with van der Waals surface area (Å²) < 4.78 is -1.58. The molecule has 0 bridgehead atoms. The second kappa shape index (κ2) is 6.29. The molecule has 0 aliphatic rings. The molecule has 0 spiro atoms. The normalized spacial score (nSPS) is 13.9. The van der Waals surface area contributed by atoms with Crippen molar-refractivity contribution < 1.29 is 0 Å². The molecule has 0 saturated carbocycles. The molecule has 92 valence electrons. The maximum Gasteiger partial charge on any atom is 0.229 e. The highest BCUT2D eigenvalue weighted by molar-refractivity contribution is 6.69. The minimum Gasteiger partial charge on any atom is -0.399 e. The molecule has 17 heavy (non-hydrogen) atoms. The van der Waals surface area contributed by atoms with Crippen molar-refractivity contribution in [1.29, 1.82) is 0 Å². The summed E-state index contributed by atoms with van der Waals surface area (Å²) in [7, 11) is 0. The fourth-order valence-corrected chi connectivity index (χ4v) is 1.32. The molecule has 0 fully saturated rings. The third kappa shape index (κ3) is 5.44. The fraction of sp³-hybridized carbons (Fsp3) is 0.250. The summed E-state index contributed by atoms with van der Waals surface area (Å²) in [5, 5.41) is 0. The zero-order chi connectivity index (χ0) is 12.9. The highest BCUT2D eigenvalue weighted by Crippen LogP contribution is 2.31. The number of benzene rings is 1. The molecule has 0 saturated heterocycles. The van der Waals surface area contributed by atoms with Crippen molar-refractivity contribution in [3.8, 4) is 0 Å². The number of halogens is 3. The predicted molar refractivity (Wildman–Crippen MR) is 75.8 cm³/mol. The van der Waals surface area contributed by atoms with Crippen LogP contribution in [0.25, 0.3) is 0 Å². The van der Waals surface area contributed by atoms with Crippen molar-refractivity contribution in [3.63, 3.8) is 0 Å². The van der Waals surface area contributed by atoms with Gasteiger partial charge in [0, 0.05) is 5.71 Å². The van der Waals surface area contributed by atoms with E-state index in [2.05, 4.69) is 4.99 Å². The van der Waals surface area contributed by atoms with E-state index < -0.39 is 3.79 Å². The molecule has 0 aliphatic heterocycles. The van der Waals surface area contributed by atoms with Gasteiger partial charge in [0.2, 0.25) is 3.79 Å². The molecule has 0 radical (unpaired) electrons. The second-order valence-corrected chi connectivity index (χ2v) is 5.82. The Balaban J connectivity index is 2.68. The average molecular weight is 292 g/mol. The summed E-state index contributed by atoms with van der Waals surface area (Å²) in [5.41, 5.74) is 7.61. The van der Waals surface area contributed by atoms with Crippen LogP contribution in [0.2, 0.25) is 0 Å². The van der Waals surface area contributed by atoms with Crippen LogP contribution in [-0.4, -0.2) is 9.50 Å². The van der Waals surface area contributed by atoms with Gasteiger partial charge in [0.1, 0.15) is 0 Å². The SMILES string of the molecule is CC(C=C(N)C(Cl)(Cl)Cl)=NCc1ccccc1. The lowest BCUT2D eigenvalue weighted by Crippen LogP contribution is -2.16. The quantitative estimate of drug-likeness (QED) is 0.666. The smallest absolute Gasteiger partial charge is 0.229 e. The maximum absolute atomic E-state index is 5.63. The van der Waals surface area contributed by atoms with E-state index in [4.69, 9.17) is 40.5 Å². The molecular formula is C12H13Cl3N2. The molecule has 1 aromatic rings. The molecule has 0 aromatic heterocycles. The van der Waals surface area contributed by atoms with Crippen LogP contribution in [-0.2, 0) is 6.54 Å². The Morgan fingerprint density at radius 1 is 1.29 bits per heavy atom. The van der Waals surface area contributed by atoms with Gasteiger partial charge in [-0.1, -0.05) is 65.1 Å². The molecule has 2 nitrogen and oxygen atoms in total. The first kappa shape index (κ1) is 14.4. The first-order valence-electron chi connectivity index (χ1n) is 4.99. The molecule has 5 heteroatoms. The molecule has 0 atom stereocenters. The van der Waals surface area contributed by atoms with Gasteiger partial charge in [-0.05, 0) is 18.6 Å². The van der Waals surface area contributed by atoms with Crippen LogP contribution in [0.1, 0.15) is 12.5 Å². The second-order valence-electron chi connectivity index (χ2n) is 3.54. The van der Waals surface area contributed by atoms with Crippen LogP contribution in [0.5, 0.6) is 0 Å². The molecule has 2 N–H and O–H groups in total. The van der Waals surface area contributed by atoms with Gasteiger partial charge in [-0.15, -0.1) is 0 Å². The minimum atomic E-state index is -1.58. The maximum atomic E-state index is 5.63. The summed E-state index contributed by atoms with van der Waals surface area (Å²) in [4.78, 5) is 4.33. The Labute approximate surface area is 116 Å². The lowest BCUT2D eigenvalue weighted by atomic mass is 10.2. The number of alkyl halides is 3. The Hall–Kier alpha value is -0.700. The van der Waals surface area contributed by atoms with E-state index in [1.54, 1.807) is 6.08 Å². The minimum absolute atomic E-state index is 0.164. The van der Waals surface area contributed by atoms with Gasteiger partial charge in [0.15, 0.2) is 0 Å². The molecule has 0 aliphatic carbocycles. The van der Waals surface area contributed by atoms with Gasteiger partial charge in [-0.25, -0.2) is 0 Å². The lowest BCUT2D eigenvalue weighted by molar-refractivity contribution is 1.06. The summed E-state index contributed by atoms with van der Waals surface area (Å²) >= 11 is 16.9. The highest BCUT2D eigenvalue weighted by atomic mass is 35.6. The lowest BCUT2D eigenvalue weighted by Gasteiger charge is -2.10. The molecule has 0 amide bonds. The van der Waals surface area contributed by atoms with Crippen molar-refractivity contribution in [2.45, 2.75) is 17.3 Å². The van der Waals surface area contributed by atoms with Crippen LogP contribution in [0.15, 0.2) is 47.1 Å². The van der Waals surface area contributed by atoms with E-state index in [1.807, 2.05) is 37.3 Å². The summed E-state index contributed by atoms with van der Waals surface area (Å²) in [6.45, 7) is 2.39. The van der Waals surface area contributed by atoms with Crippen molar-refractivity contribution in [1.82, 2.24) is 0 Å². The van der Waals surface area contributed by atoms with Gasteiger partial charge < -0.3 is 5.73 Å². The third-order valence-electron chi connectivity index (χ3n) is 2.05. The molecule has 1 rings (SSSR count). The van der Waals surface area contributed by atoms with Gasteiger partial charge in [0.25, 0.3) is 0 Å². The summed E-state index contributed by atoms with van der Waals surface area (Å²) in [6, 6.07) is 9.88. The highest BCUT2D eigenvalue weighted by Gasteiger charge is 2.23. The molecular weight excluding hydrogens is 279 g/mol. The first-order chi connectivity index (χ1) is 7.89. The number of rotatable bonds is 3. The third-order valence-corrected chi connectivity index (χ3v) is 2.70. The van der Waals surface area contributed by atoms with Crippen LogP contribution < -0.4 is 5.73 Å². The fourth-order valence-electron chi connectivity index (χ4n) is 1.15. The number of allylic oxidation sites excluding steroid dienone is 2. The standard InChI is InChI=1S/C12H13Cl3N2/c1-9(7-11(16)12(13,14)15)17-8-10-5-3-2-4-6-10/h2-7H,8,16H2,1H3. The summed E-state index contributed by atoms with van der Waals surface area (Å²) in [5.74, 6) is 0. The van der Waals surface area contributed by atoms with Gasteiger partial charge in [-0.2, -0.15) is 0 Å². The average Bonchev–Trinajstić information content (AvgIpc) is 2.26. The van der Waals surface area contributed by atoms with Crippen molar-refractivity contribution in [2.24, 2.45) is 10.7 Å². The van der Waals surface area contributed by atoms with Crippen LogP contribution in [0.3, 0.4) is 0 Å². The topological polar surface area (TPSA) is 38.4 Å². The molecule has 0 heterocycles. The molecule has 0 unspecified atom stereocenters. The van der Waals surface area contributed by atoms with E-state index in [-0.39, 0.29) is 5.70 Å². The Morgan fingerprint density at radius 3 is 2.41 bits per heavy atom. The van der Waals surface area contributed by atoms with Gasteiger partial charge >= 0.3 is 0 Å². The number of hydrogen-bond acceptors (Lipinski definition) is 2. The summed E-state index contributed by atoms with van der Waals surface area (Å²) in [6.07, 6.45) is 1.57. The first-order valence-corrected chi connectivity index (χ1v) is 6.12. The van der Waals surface area contributed by atoms with Crippen LogP contribution in [0, 0.1) is 0 Å². The zero-order valence-electron chi connectivity index (χ0n) is 9.33. The number of nitrogens with zero attached hydrogens (tertiary/aromatic N) is 1. The van der Waals surface area contributed by atoms with Crippen LogP contribution in [0.4, 0.5) is 0 Å². The van der Waals surface area contributed by atoms with E-state index in [0.717, 1.165) is 11.3 Å².